The number of hydrogen-bond acceptors (Lipinski definition) is 5. The third-order valence-electron chi connectivity index (χ3n) is 6.05. The summed E-state index contributed by atoms with van der Waals surface area (Å²) in [6.45, 7) is 3.47. The number of nitrogens with two attached hydrogens (primary N) is 1. The number of anilines is 1. The van der Waals surface area contributed by atoms with Gasteiger partial charge < -0.3 is 11.1 Å². The first-order valence-corrected chi connectivity index (χ1v) is 12.5. The van der Waals surface area contributed by atoms with Crippen molar-refractivity contribution in [2.24, 2.45) is 5.73 Å². The van der Waals surface area contributed by atoms with Crippen LogP contribution in [0.2, 0.25) is 0 Å². The van der Waals surface area contributed by atoms with Crippen LogP contribution in [0.15, 0.2) is 54.9 Å². The summed E-state index contributed by atoms with van der Waals surface area (Å²) in [7, 11) is -3.12. The zero-order valence-corrected chi connectivity index (χ0v) is 18.7. The number of nitrogens with one attached hydrogen (secondary N) is 1. The van der Waals surface area contributed by atoms with Crippen LogP contribution < -0.4 is 11.1 Å². The quantitative estimate of drug-likeness (QED) is 0.588. The number of fused-ring (bicyclic) bond motifs is 1. The highest BCUT2D eigenvalue weighted by molar-refractivity contribution is 7.89. The summed E-state index contributed by atoms with van der Waals surface area (Å²) in [6, 6.07) is 15.2. The molecule has 1 saturated heterocycles. The summed E-state index contributed by atoms with van der Waals surface area (Å²) in [6.07, 6.45) is 6.16. The Bertz CT molecular complexity index is 1140. The van der Waals surface area contributed by atoms with Gasteiger partial charge in [-0.3, -0.25) is 4.98 Å². The van der Waals surface area contributed by atoms with E-state index in [1.54, 1.807) is 11.2 Å². The second kappa shape index (κ2) is 9.34. The zero-order valence-electron chi connectivity index (χ0n) is 17.9. The van der Waals surface area contributed by atoms with Crippen molar-refractivity contribution in [2.75, 3.05) is 30.7 Å². The molecule has 3 aromatic rings. The van der Waals surface area contributed by atoms with Gasteiger partial charge >= 0.3 is 0 Å². The molecule has 0 atom stereocenters. The molecular formula is C24H30N4O2S. The molecule has 2 aromatic carbocycles. The Morgan fingerprint density at radius 3 is 2.52 bits per heavy atom. The molecule has 1 fully saturated rings. The molecule has 6 nitrogen and oxygen atoms in total. The van der Waals surface area contributed by atoms with Crippen molar-refractivity contribution >= 4 is 26.5 Å². The predicted octanol–water partition coefficient (Wildman–Crippen LogP) is 3.63. The van der Waals surface area contributed by atoms with Crippen molar-refractivity contribution in [3.05, 3.63) is 60.4 Å². The summed E-state index contributed by atoms with van der Waals surface area (Å²) in [4.78, 5) is 4.32. The molecule has 0 radical (unpaired) electrons. The highest BCUT2D eigenvalue weighted by Gasteiger charge is 2.26. The van der Waals surface area contributed by atoms with Crippen LogP contribution >= 0.6 is 0 Å². The van der Waals surface area contributed by atoms with E-state index in [9.17, 15) is 8.42 Å². The lowest BCUT2D eigenvalue weighted by atomic mass is 9.98. The van der Waals surface area contributed by atoms with Crippen LogP contribution in [-0.2, 0) is 16.4 Å². The fraction of sp³-hybridized carbons (Fsp3) is 0.375. The maximum absolute atomic E-state index is 12.2. The van der Waals surface area contributed by atoms with Crippen molar-refractivity contribution in [1.29, 1.82) is 0 Å². The smallest absolute Gasteiger partial charge is 0.213 e. The third kappa shape index (κ3) is 4.89. The van der Waals surface area contributed by atoms with E-state index in [2.05, 4.69) is 46.7 Å². The van der Waals surface area contributed by atoms with Gasteiger partial charge in [-0.1, -0.05) is 24.3 Å². The highest BCUT2D eigenvalue weighted by atomic mass is 32.2. The van der Waals surface area contributed by atoms with Gasteiger partial charge in [0, 0.05) is 42.6 Å². The zero-order chi connectivity index (χ0) is 21.8. The number of sulfonamides is 1. The molecule has 7 heteroatoms. The lowest BCUT2D eigenvalue weighted by Gasteiger charge is -2.32. The van der Waals surface area contributed by atoms with E-state index < -0.39 is 10.0 Å². The fourth-order valence-corrected chi connectivity index (χ4v) is 5.33. The first-order chi connectivity index (χ1) is 15.0. The van der Waals surface area contributed by atoms with Crippen molar-refractivity contribution in [3.63, 3.8) is 0 Å². The molecule has 0 bridgehead atoms. The lowest BCUT2D eigenvalue weighted by Crippen LogP contribution is -2.42. The van der Waals surface area contributed by atoms with E-state index in [1.165, 1.54) is 5.56 Å². The topological polar surface area (TPSA) is 88.3 Å². The fourth-order valence-electron chi connectivity index (χ4n) is 4.20. The van der Waals surface area contributed by atoms with Crippen LogP contribution in [0.4, 0.5) is 5.69 Å². The van der Waals surface area contributed by atoms with Crippen LogP contribution in [0.25, 0.3) is 21.9 Å². The van der Waals surface area contributed by atoms with Gasteiger partial charge in [0.2, 0.25) is 10.0 Å². The molecule has 1 aliphatic rings. The van der Waals surface area contributed by atoms with Gasteiger partial charge in [0.15, 0.2) is 0 Å². The second-order valence-corrected chi connectivity index (χ2v) is 10.3. The van der Waals surface area contributed by atoms with E-state index in [-0.39, 0.29) is 11.8 Å². The van der Waals surface area contributed by atoms with Gasteiger partial charge in [-0.05, 0) is 73.0 Å². The molecule has 1 aliphatic heterocycles. The largest absolute Gasteiger partial charge is 0.382 e. The first-order valence-electron chi connectivity index (χ1n) is 10.9. The Balaban J connectivity index is 1.59. The Labute approximate surface area is 184 Å². The predicted molar refractivity (Wildman–Crippen MR) is 128 cm³/mol. The number of aromatic nitrogens is 1. The van der Waals surface area contributed by atoms with Gasteiger partial charge in [-0.2, -0.15) is 0 Å². The third-order valence-corrected chi connectivity index (χ3v) is 7.93. The van der Waals surface area contributed by atoms with Gasteiger partial charge in [0.25, 0.3) is 0 Å². The van der Waals surface area contributed by atoms with Crippen LogP contribution in [0.1, 0.15) is 25.3 Å². The monoisotopic (exact) mass is 438 g/mol. The number of rotatable bonds is 7. The van der Waals surface area contributed by atoms with Crippen molar-refractivity contribution in [2.45, 2.75) is 32.2 Å². The van der Waals surface area contributed by atoms with E-state index in [1.807, 2.05) is 18.5 Å². The Hall–Kier alpha value is -2.48. The minimum Gasteiger partial charge on any atom is -0.382 e. The lowest BCUT2D eigenvalue weighted by molar-refractivity contribution is 0.330. The molecule has 0 saturated carbocycles. The highest BCUT2D eigenvalue weighted by Crippen LogP contribution is 2.32. The minimum atomic E-state index is -3.12. The average Bonchev–Trinajstić information content (AvgIpc) is 2.80. The number of nitrogens with zero attached hydrogens (tertiary/aromatic N) is 2. The van der Waals surface area contributed by atoms with Crippen molar-refractivity contribution in [1.82, 2.24) is 9.29 Å². The molecule has 0 unspecified atom stereocenters. The van der Waals surface area contributed by atoms with E-state index >= 15 is 0 Å². The van der Waals surface area contributed by atoms with Crippen LogP contribution in [0.3, 0.4) is 0 Å². The van der Waals surface area contributed by atoms with Gasteiger partial charge in [0.05, 0.1) is 5.75 Å². The summed E-state index contributed by atoms with van der Waals surface area (Å²) < 4.78 is 25.9. The summed E-state index contributed by atoms with van der Waals surface area (Å²) in [5.74, 6) is 0.160. The number of hydrogen-bond donors (Lipinski definition) is 2. The first kappa shape index (κ1) is 21.7. The van der Waals surface area contributed by atoms with Crippen LogP contribution in [-0.4, -0.2) is 49.1 Å². The van der Waals surface area contributed by atoms with Crippen molar-refractivity contribution < 1.29 is 8.42 Å². The molecule has 0 spiro atoms. The molecule has 31 heavy (non-hydrogen) atoms. The molecule has 3 N–H and O–H groups in total. The molecule has 0 aliphatic carbocycles. The van der Waals surface area contributed by atoms with Gasteiger partial charge in [-0.15, -0.1) is 0 Å². The Morgan fingerprint density at radius 1 is 1.10 bits per heavy atom. The van der Waals surface area contributed by atoms with Gasteiger partial charge in [0.1, 0.15) is 0 Å². The van der Waals surface area contributed by atoms with Crippen molar-refractivity contribution in [3.8, 4) is 11.1 Å². The van der Waals surface area contributed by atoms with Gasteiger partial charge in [-0.25, -0.2) is 12.7 Å². The minimum absolute atomic E-state index is 0.160. The molecule has 2 heterocycles. The van der Waals surface area contributed by atoms with E-state index in [0.717, 1.165) is 46.8 Å². The average molecular weight is 439 g/mol. The van der Waals surface area contributed by atoms with Crippen LogP contribution in [0, 0.1) is 0 Å². The summed E-state index contributed by atoms with van der Waals surface area (Å²) in [5, 5.41) is 5.89. The van der Waals surface area contributed by atoms with Crippen LogP contribution in [0.5, 0.6) is 0 Å². The molecule has 1 aromatic heterocycles. The van der Waals surface area contributed by atoms with E-state index in [4.69, 9.17) is 5.73 Å². The molecule has 4 rings (SSSR count). The number of pyridine rings is 1. The van der Waals surface area contributed by atoms with E-state index in [0.29, 0.717) is 19.6 Å². The maximum atomic E-state index is 12.2. The Morgan fingerprint density at radius 2 is 1.84 bits per heavy atom. The molecule has 0 amide bonds. The summed E-state index contributed by atoms with van der Waals surface area (Å²) in [5.41, 5.74) is 10.3. The number of piperidine rings is 1. The number of benzene rings is 2. The maximum Gasteiger partial charge on any atom is 0.213 e. The molecule has 164 valence electrons. The standard InChI is InChI=1S/C24H30N4O2S/c1-2-31(29,30)28-13-9-22(10-14-28)27-24-16-21(15-20-8-12-26-17-23(20)24)19-5-3-18(4-6-19)7-11-25/h3-6,8,12,15-17,22,27H,2,7,9-11,13-14,25H2,1H3. The normalized spacial score (nSPS) is 15.9. The summed E-state index contributed by atoms with van der Waals surface area (Å²) >= 11 is 0. The second-order valence-electron chi connectivity index (χ2n) is 8.07. The SMILES string of the molecule is CCS(=O)(=O)N1CCC(Nc2cc(-c3ccc(CCN)cc3)cc3ccncc23)CC1. The molecular weight excluding hydrogens is 408 g/mol. The Kier molecular flexibility index (Phi) is 6.55.